The van der Waals surface area contributed by atoms with Crippen LogP contribution in [0.4, 0.5) is 0 Å². The first-order chi connectivity index (χ1) is 47.0. The summed E-state index contributed by atoms with van der Waals surface area (Å²) in [5.74, 6) is -1.31. The Bertz CT molecular complexity index is 1860. The Morgan fingerprint density at radius 1 is 0.278 bits per heavy atom. The molecule has 0 saturated carbocycles. The molecule has 0 spiro atoms. The van der Waals surface area contributed by atoms with Crippen molar-refractivity contribution < 1.29 is 80.2 Å². The Morgan fingerprint density at radius 2 is 0.474 bits per heavy atom. The molecule has 0 aliphatic heterocycles. The minimum absolute atomic E-state index is 0.108. The zero-order valence-electron chi connectivity index (χ0n) is 63.2. The normalized spacial score (nSPS) is 13.9. The molecule has 97 heavy (non-hydrogen) atoms. The van der Waals surface area contributed by atoms with Crippen LogP contribution in [0.25, 0.3) is 0 Å². The van der Waals surface area contributed by atoms with Crippen LogP contribution in [0.3, 0.4) is 0 Å². The maximum absolute atomic E-state index is 13.1. The second-order valence-electron chi connectivity index (χ2n) is 28.6. The number of aliphatic hydroxyl groups excluding tert-OH is 1. The summed E-state index contributed by atoms with van der Waals surface area (Å²) >= 11 is 0. The van der Waals surface area contributed by atoms with Crippen LogP contribution in [0.15, 0.2) is 0 Å². The Balaban J connectivity index is 5.23. The summed E-state index contributed by atoms with van der Waals surface area (Å²) in [5, 5.41) is 10.6. The van der Waals surface area contributed by atoms with E-state index in [0.29, 0.717) is 25.7 Å². The van der Waals surface area contributed by atoms with Crippen LogP contribution >= 0.6 is 15.6 Å². The molecule has 0 fully saturated rings. The molecular weight excluding hydrogens is 1270 g/mol. The Kier molecular flexibility index (Phi) is 69.6. The van der Waals surface area contributed by atoms with Crippen molar-refractivity contribution in [3.63, 3.8) is 0 Å². The third kappa shape index (κ3) is 72.2. The van der Waals surface area contributed by atoms with Gasteiger partial charge in [0, 0.05) is 25.7 Å². The van der Waals surface area contributed by atoms with Crippen LogP contribution in [-0.2, 0) is 65.4 Å². The maximum Gasteiger partial charge on any atom is 0.472 e. The highest BCUT2D eigenvalue weighted by atomic mass is 31.2. The van der Waals surface area contributed by atoms with E-state index in [1.807, 2.05) is 0 Å². The number of aliphatic hydroxyl groups is 1. The summed E-state index contributed by atoms with van der Waals surface area (Å²) < 4.78 is 68.6. The predicted molar refractivity (Wildman–Crippen MR) is 395 cm³/mol. The number of rotatable bonds is 78. The van der Waals surface area contributed by atoms with Crippen molar-refractivity contribution in [3.05, 3.63) is 0 Å². The molecule has 0 aromatic heterocycles. The van der Waals surface area contributed by atoms with Gasteiger partial charge in [-0.2, -0.15) is 0 Å². The van der Waals surface area contributed by atoms with Gasteiger partial charge in [-0.3, -0.25) is 37.3 Å². The molecule has 0 heterocycles. The van der Waals surface area contributed by atoms with E-state index in [4.69, 9.17) is 37.0 Å². The average molecular weight is 1420 g/mol. The lowest BCUT2D eigenvalue weighted by Gasteiger charge is -2.21. The van der Waals surface area contributed by atoms with Gasteiger partial charge in [0.15, 0.2) is 12.2 Å². The predicted octanol–water partition coefficient (Wildman–Crippen LogP) is 23.3. The van der Waals surface area contributed by atoms with Crippen molar-refractivity contribution in [2.24, 2.45) is 5.92 Å². The van der Waals surface area contributed by atoms with Gasteiger partial charge in [0.05, 0.1) is 26.4 Å². The zero-order valence-corrected chi connectivity index (χ0v) is 65.0. The van der Waals surface area contributed by atoms with E-state index in [1.165, 1.54) is 238 Å². The highest BCUT2D eigenvalue weighted by Gasteiger charge is 2.30. The Morgan fingerprint density at radius 3 is 0.701 bits per heavy atom. The summed E-state index contributed by atoms with van der Waals surface area (Å²) in [6.45, 7) is 7.33. The second kappa shape index (κ2) is 71.1. The number of esters is 4. The van der Waals surface area contributed by atoms with Crippen LogP contribution in [-0.4, -0.2) is 96.7 Å². The molecule has 0 bridgehead atoms. The molecular formula is C78H152O17P2. The molecule has 0 amide bonds. The quantitative estimate of drug-likeness (QED) is 0.0222. The van der Waals surface area contributed by atoms with E-state index in [0.717, 1.165) is 95.8 Å². The summed E-state index contributed by atoms with van der Waals surface area (Å²) in [4.78, 5) is 72.9. The number of hydrogen-bond acceptors (Lipinski definition) is 15. The smallest absolute Gasteiger partial charge is 0.462 e. The van der Waals surface area contributed by atoms with E-state index in [-0.39, 0.29) is 25.7 Å². The van der Waals surface area contributed by atoms with Gasteiger partial charge in [-0.15, -0.1) is 0 Å². The summed E-state index contributed by atoms with van der Waals surface area (Å²) in [6.07, 6.45) is 60.9. The second-order valence-corrected chi connectivity index (χ2v) is 31.5. The van der Waals surface area contributed by atoms with Gasteiger partial charge >= 0.3 is 39.5 Å². The fraction of sp³-hybridized carbons (Fsp3) is 0.949. The van der Waals surface area contributed by atoms with E-state index in [1.54, 1.807) is 0 Å². The Hall–Kier alpha value is -1.94. The Labute approximate surface area is 594 Å². The summed E-state index contributed by atoms with van der Waals surface area (Å²) in [6, 6.07) is 0. The first kappa shape index (κ1) is 95.1. The molecule has 0 aliphatic rings. The van der Waals surface area contributed by atoms with Crippen LogP contribution in [0.2, 0.25) is 0 Å². The molecule has 3 N–H and O–H groups in total. The molecule has 0 saturated heterocycles. The van der Waals surface area contributed by atoms with Crippen molar-refractivity contribution in [1.82, 2.24) is 0 Å². The zero-order chi connectivity index (χ0) is 71.2. The summed E-state index contributed by atoms with van der Waals surface area (Å²) in [7, 11) is -9.91. The first-order valence-corrected chi connectivity index (χ1v) is 43.6. The van der Waals surface area contributed by atoms with E-state index in [2.05, 4.69) is 34.6 Å². The number of phosphoric acid groups is 2. The van der Waals surface area contributed by atoms with Crippen molar-refractivity contribution >= 4 is 39.5 Å². The summed E-state index contributed by atoms with van der Waals surface area (Å²) in [5.41, 5.74) is 0. The number of unbranched alkanes of at least 4 members (excludes halogenated alkanes) is 50. The van der Waals surface area contributed by atoms with Gasteiger partial charge < -0.3 is 33.8 Å². The van der Waals surface area contributed by atoms with Crippen molar-refractivity contribution in [2.45, 2.75) is 432 Å². The van der Waals surface area contributed by atoms with Crippen LogP contribution in [0, 0.1) is 5.92 Å². The highest BCUT2D eigenvalue weighted by Crippen LogP contribution is 2.45. The van der Waals surface area contributed by atoms with Gasteiger partial charge in [0.25, 0.3) is 0 Å². The van der Waals surface area contributed by atoms with Gasteiger partial charge in [0.1, 0.15) is 19.3 Å². The van der Waals surface area contributed by atoms with Gasteiger partial charge in [-0.1, -0.05) is 362 Å². The van der Waals surface area contributed by atoms with Crippen LogP contribution in [0.5, 0.6) is 0 Å². The largest absolute Gasteiger partial charge is 0.472 e. The SMILES string of the molecule is CCCCCCCCCCCCCCCCCCCCC(=O)O[C@H](COC(=O)CCCCCCCCCCCCCCCCC(C)C)COP(=O)(O)OC[C@@H](O)COP(=O)(O)OC[C@@H](COC(=O)CCCCCCCCCCCCC)OC(=O)CCCCCCCCCCCCC. The molecule has 0 radical (unpaired) electrons. The van der Waals surface area contributed by atoms with E-state index < -0.39 is 97.5 Å². The molecule has 19 heteroatoms. The third-order valence-corrected chi connectivity index (χ3v) is 20.2. The number of ether oxygens (including phenoxy) is 4. The van der Waals surface area contributed by atoms with Gasteiger partial charge in [-0.05, 0) is 31.6 Å². The van der Waals surface area contributed by atoms with Gasteiger partial charge in [0.2, 0.25) is 0 Å². The molecule has 576 valence electrons. The number of carbonyl (C=O) groups is 4. The van der Waals surface area contributed by atoms with Crippen molar-refractivity contribution in [2.75, 3.05) is 39.6 Å². The highest BCUT2D eigenvalue weighted by molar-refractivity contribution is 7.47. The molecule has 2 unspecified atom stereocenters. The number of hydrogen-bond donors (Lipinski definition) is 3. The maximum atomic E-state index is 13.1. The average Bonchev–Trinajstić information content (AvgIpc) is 1.18. The van der Waals surface area contributed by atoms with Crippen LogP contribution < -0.4 is 0 Å². The van der Waals surface area contributed by atoms with Crippen molar-refractivity contribution in [1.29, 1.82) is 0 Å². The lowest BCUT2D eigenvalue weighted by Crippen LogP contribution is -2.30. The first-order valence-electron chi connectivity index (χ1n) is 40.6. The van der Waals surface area contributed by atoms with E-state index in [9.17, 15) is 43.2 Å². The molecule has 5 atom stereocenters. The lowest BCUT2D eigenvalue weighted by atomic mass is 10.0. The van der Waals surface area contributed by atoms with Crippen LogP contribution in [0.1, 0.15) is 413 Å². The number of phosphoric ester groups is 2. The minimum atomic E-state index is -4.96. The fourth-order valence-electron chi connectivity index (χ4n) is 12.1. The lowest BCUT2D eigenvalue weighted by molar-refractivity contribution is -0.161. The van der Waals surface area contributed by atoms with Crippen molar-refractivity contribution in [3.8, 4) is 0 Å². The third-order valence-electron chi connectivity index (χ3n) is 18.3. The molecule has 0 aromatic rings. The van der Waals surface area contributed by atoms with E-state index >= 15 is 0 Å². The molecule has 17 nitrogen and oxygen atoms in total. The molecule has 0 aliphatic carbocycles. The standard InChI is InChI=1S/C78H152O17P2/c1-6-9-12-15-18-21-24-25-26-27-28-29-34-39-44-49-54-59-64-78(83)95-74(68-89-76(81)62-57-52-47-42-38-33-31-30-32-37-40-45-50-55-60-71(4)5)70-93-97(86,87)91-66-72(79)65-90-96(84,85)92-69-73(94-77(82)63-58-53-48-43-36-23-20-17-14-11-8-3)67-88-75(80)61-56-51-46-41-35-22-19-16-13-10-7-2/h71-74,79H,6-70H2,1-5H3,(H,84,85)(H,86,87)/t72-,73+,74+/m0/s1. The minimum Gasteiger partial charge on any atom is -0.462 e. The fourth-order valence-corrected chi connectivity index (χ4v) is 13.6. The monoisotopic (exact) mass is 1420 g/mol. The molecule has 0 rings (SSSR count). The topological polar surface area (TPSA) is 237 Å². The van der Waals surface area contributed by atoms with Gasteiger partial charge in [-0.25, -0.2) is 9.13 Å². The molecule has 0 aromatic carbocycles. The number of carbonyl (C=O) groups excluding carboxylic acids is 4.